The van der Waals surface area contributed by atoms with Gasteiger partial charge in [0, 0.05) is 12.6 Å². The second kappa shape index (κ2) is 5.16. The van der Waals surface area contributed by atoms with Crippen LogP contribution in [0.5, 0.6) is 0 Å². The Morgan fingerprint density at radius 2 is 1.83 bits per heavy atom. The number of nitrogens with zero attached hydrogens (tertiary/aromatic N) is 1. The van der Waals surface area contributed by atoms with Gasteiger partial charge in [-0.2, -0.15) is 0 Å². The molecule has 0 aromatic rings. The largest absolute Gasteiger partial charge is 0.481 e. The van der Waals surface area contributed by atoms with Crippen molar-refractivity contribution in [3.05, 3.63) is 0 Å². The van der Waals surface area contributed by atoms with Crippen LogP contribution in [0, 0.1) is 11.8 Å². The summed E-state index contributed by atoms with van der Waals surface area (Å²) in [6, 6.07) is -0.325. The minimum atomic E-state index is -0.845. The SMILES string of the molecule is CC1[C@H](C(=O)O)C[C@H](C)CN1C(=O)OC(C)(C)C. The third-order valence-corrected chi connectivity index (χ3v) is 3.18. The maximum atomic E-state index is 12.0. The smallest absolute Gasteiger partial charge is 0.410 e. The average molecular weight is 257 g/mol. The van der Waals surface area contributed by atoms with Crippen LogP contribution in [0.25, 0.3) is 0 Å². The van der Waals surface area contributed by atoms with Crippen molar-refractivity contribution in [3.63, 3.8) is 0 Å². The van der Waals surface area contributed by atoms with E-state index in [0.29, 0.717) is 13.0 Å². The van der Waals surface area contributed by atoms with Gasteiger partial charge in [-0.15, -0.1) is 0 Å². The van der Waals surface area contributed by atoms with Gasteiger partial charge >= 0.3 is 12.1 Å². The molecule has 0 saturated carbocycles. The molecule has 1 rings (SSSR count). The molecule has 1 aliphatic rings. The Balaban J connectivity index is 2.80. The molecule has 1 fully saturated rings. The molecule has 0 spiro atoms. The van der Waals surface area contributed by atoms with E-state index in [9.17, 15) is 14.7 Å². The molecule has 1 N–H and O–H groups in total. The molecule has 0 aromatic heterocycles. The van der Waals surface area contributed by atoms with Gasteiger partial charge in [-0.25, -0.2) is 4.79 Å². The van der Waals surface area contributed by atoms with E-state index in [1.807, 2.05) is 6.92 Å². The zero-order valence-electron chi connectivity index (χ0n) is 11.8. The average Bonchev–Trinajstić information content (AvgIpc) is 2.17. The fraction of sp³-hybridized carbons (Fsp3) is 0.846. The van der Waals surface area contributed by atoms with Crippen molar-refractivity contribution in [1.29, 1.82) is 0 Å². The van der Waals surface area contributed by atoms with Gasteiger partial charge in [-0.1, -0.05) is 6.92 Å². The molecule has 5 heteroatoms. The Morgan fingerprint density at radius 3 is 2.28 bits per heavy atom. The lowest BCUT2D eigenvalue weighted by Crippen LogP contribution is -2.52. The zero-order chi connectivity index (χ0) is 14.1. The van der Waals surface area contributed by atoms with Gasteiger partial charge in [0.15, 0.2) is 0 Å². The molecule has 1 unspecified atom stereocenters. The molecule has 1 saturated heterocycles. The van der Waals surface area contributed by atoms with Crippen LogP contribution in [-0.2, 0) is 9.53 Å². The normalized spacial score (nSPS) is 28.9. The molecule has 5 nitrogen and oxygen atoms in total. The van der Waals surface area contributed by atoms with Gasteiger partial charge in [0.25, 0.3) is 0 Å². The third-order valence-electron chi connectivity index (χ3n) is 3.18. The number of ether oxygens (including phenoxy) is 1. The van der Waals surface area contributed by atoms with Crippen LogP contribution in [0.3, 0.4) is 0 Å². The fourth-order valence-electron chi connectivity index (χ4n) is 2.29. The number of carboxylic acid groups (broad SMARTS) is 1. The molecule has 0 aliphatic carbocycles. The molecule has 1 amide bonds. The molecule has 3 atom stereocenters. The molecule has 18 heavy (non-hydrogen) atoms. The van der Waals surface area contributed by atoms with E-state index in [4.69, 9.17) is 4.74 Å². The summed E-state index contributed by atoms with van der Waals surface area (Å²) in [5.74, 6) is -1.18. The Kier molecular flexibility index (Phi) is 4.24. The summed E-state index contributed by atoms with van der Waals surface area (Å²) in [5, 5.41) is 9.18. The Hall–Kier alpha value is -1.26. The summed E-state index contributed by atoms with van der Waals surface area (Å²) in [6.45, 7) is 9.69. The summed E-state index contributed by atoms with van der Waals surface area (Å²) in [6.07, 6.45) is 0.184. The van der Waals surface area contributed by atoms with Gasteiger partial charge in [0.1, 0.15) is 5.60 Å². The minimum absolute atomic E-state index is 0.176. The summed E-state index contributed by atoms with van der Waals surface area (Å²) >= 11 is 0. The van der Waals surface area contributed by atoms with Crippen molar-refractivity contribution in [1.82, 2.24) is 4.90 Å². The molecule has 1 aliphatic heterocycles. The van der Waals surface area contributed by atoms with Crippen LogP contribution in [0.15, 0.2) is 0 Å². The van der Waals surface area contributed by atoms with Gasteiger partial charge in [-0.3, -0.25) is 4.79 Å². The Labute approximate surface area is 108 Å². The van der Waals surface area contributed by atoms with Crippen LogP contribution < -0.4 is 0 Å². The van der Waals surface area contributed by atoms with Gasteiger partial charge < -0.3 is 14.7 Å². The highest BCUT2D eigenvalue weighted by Crippen LogP contribution is 2.28. The van der Waals surface area contributed by atoms with Crippen molar-refractivity contribution in [2.45, 2.75) is 52.7 Å². The first-order chi connectivity index (χ1) is 8.11. The summed E-state index contributed by atoms with van der Waals surface area (Å²) in [5.41, 5.74) is -0.559. The third kappa shape index (κ3) is 3.62. The van der Waals surface area contributed by atoms with Crippen LogP contribution >= 0.6 is 0 Å². The fourth-order valence-corrected chi connectivity index (χ4v) is 2.29. The van der Waals surface area contributed by atoms with E-state index in [1.165, 1.54) is 4.90 Å². The maximum Gasteiger partial charge on any atom is 0.410 e. The topological polar surface area (TPSA) is 66.8 Å². The number of rotatable bonds is 1. The lowest BCUT2D eigenvalue weighted by molar-refractivity contribution is -0.146. The molecule has 0 aromatic carbocycles. The first-order valence-corrected chi connectivity index (χ1v) is 6.34. The molecule has 0 radical (unpaired) electrons. The lowest BCUT2D eigenvalue weighted by atomic mass is 9.85. The predicted octanol–water partition coefficient (Wildman–Crippen LogP) is 2.35. The highest BCUT2D eigenvalue weighted by molar-refractivity contribution is 5.74. The van der Waals surface area contributed by atoms with Crippen molar-refractivity contribution in [2.24, 2.45) is 11.8 Å². The molecule has 104 valence electrons. The first kappa shape index (κ1) is 14.8. The molecular weight excluding hydrogens is 234 g/mol. The lowest BCUT2D eigenvalue weighted by Gasteiger charge is -2.40. The van der Waals surface area contributed by atoms with Crippen LogP contribution in [0.1, 0.15) is 41.0 Å². The Bertz CT molecular complexity index is 334. The second-order valence-corrected chi connectivity index (χ2v) is 6.16. The van der Waals surface area contributed by atoms with E-state index in [1.54, 1.807) is 27.7 Å². The summed E-state index contributed by atoms with van der Waals surface area (Å²) < 4.78 is 5.32. The van der Waals surface area contributed by atoms with Crippen LogP contribution in [0.2, 0.25) is 0 Å². The van der Waals surface area contributed by atoms with Crippen molar-refractivity contribution in [3.8, 4) is 0 Å². The number of amides is 1. The first-order valence-electron chi connectivity index (χ1n) is 6.34. The monoisotopic (exact) mass is 257 g/mol. The maximum absolute atomic E-state index is 12.0. The van der Waals surface area contributed by atoms with E-state index >= 15 is 0 Å². The highest BCUT2D eigenvalue weighted by atomic mass is 16.6. The number of carbonyl (C=O) groups excluding carboxylic acids is 1. The quantitative estimate of drug-likeness (QED) is 0.783. The Morgan fingerprint density at radius 1 is 1.28 bits per heavy atom. The number of carbonyl (C=O) groups is 2. The van der Waals surface area contributed by atoms with Gasteiger partial charge in [0.05, 0.1) is 5.92 Å². The predicted molar refractivity (Wildman–Crippen MR) is 67.3 cm³/mol. The molecule has 0 bridgehead atoms. The van der Waals surface area contributed by atoms with Gasteiger partial charge in [0.2, 0.25) is 0 Å². The van der Waals surface area contributed by atoms with E-state index in [-0.39, 0.29) is 12.0 Å². The van der Waals surface area contributed by atoms with Crippen molar-refractivity contribution < 1.29 is 19.4 Å². The highest BCUT2D eigenvalue weighted by Gasteiger charge is 2.39. The molecular formula is C13H23NO4. The summed E-state index contributed by atoms with van der Waals surface area (Å²) in [7, 11) is 0. The van der Waals surface area contributed by atoms with E-state index in [0.717, 1.165) is 0 Å². The number of piperidine rings is 1. The zero-order valence-corrected chi connectivity index (χ0v) is 11.8. The van der Waals surface area contributed by atoms with Crippen molar-refractivity contribution >= 4 is 12.1 Å². The number of carboxylic acids is 1. The number of likely N-dealkylation sites (tertiary alicyclic amines) is 1. The standard InChI is InChI=1S/C13H23NO4/c1-8-6-10(11(15)16)9(2)14(7-8)12(17)18-13(3,4)5/h8-10H,6-7H2,1-5H3,(H,15,16)/t8-,9?,10+/m0/s1. The number of aliphatic carboxylic acids is 1. The summed E-state index contributed by atoms with van der Waals surface area (Å²) in [4.78, 5) is 24.8. The number of hydrogen-bond donors (Lipinski definition) is 1. The second-order valence-electron chi connectivity index (χ2n) is 6.16. The minimum Gasteiger partial charge on any atom is -0.481 e. The van der Waals surface area contributed by atoms with Gasteiger partial charge in [-0.05, 0) is 40.0 Å². The van der Waals surface area contributed by atoms with Crippen LogP contribution in [-0.4, -0.2) is 40.3 Å². The van der Waals surface area contributed by atoms with Crippen LogP contribution in [0.4, 0.5) is 4.79 Å². The molecule has 1 heterocycles. The van der Waals surface area contributed by atoms with E-state index in [2.05, 4.69) is 0 Å². The van der Waals surface area contributed by atoms with E-state index < -0.39 is 23.6 Å². The number of hydrogen-bond acceptors (Lipinski definition) is 3. The van der Waals surface area contributed by atoms with Crippen molar-refractivity contribution in [2.75, 3.05) is 6.54 Å².